The minimum absolute atomic E-state index is 0.139. The fourth-order valence-electron chi connectivity index (χ4n) is 2.92. The average Bonchev–Trinajstić information content (AvgIpc) is 3.11. The Kier molecular flexibility index (Phi) is 4.72. The molecule has 0 aliphatic carbocycles. The summed E-state index contributed by atoms with van der Waals surface area (Å²) >= 11 is 21.3. The first-order valence-corrected chi connectivity index (χ1v) is 12.5. The van der Waals surface area contributed by atoms with E-state index in [9.17, 15) is 4.79 Å². The zero-order valence-corrected chi connectivity index (χ0v) is 18.8. The molecule has 11 heteroatoms. The SMILES string of the molecule is Cn1nc2ccc(-c3cn(PI)c4nc(Cl)n(C)c(=O)c34)c(Cl)c2c1Cl. The Bertz CT molecular complexity index is 1260. The zero-order valence-electron chi connectivity index (χ0n) is 13.4. The molecule has 4 rings (SSSR count). The molecule has 134 valence electrons. The van der Waals surface area contributed by atoms with Gasteiger partial charge in [-0.1, -0.05) is 29.3 Å². The summed E-state index contributed by atoms with van der Waals surface area (Å²) in [5.41, 5.74) is 2.40. The highest BCUT2D eigenvalue weighted by molar-refractivity contribution is 14.2. The lowest BCUT2D eigenvalue weighted by atomic mass is 10.0. The summed E-state index contributed by atoms with van der Waals surface area (Å²) in [5, 5.41) is 6.50. The van der Waals surface area contributed by atoms with Gasteiger partial charge in [0.1, 0.15) is 5.15 Å². The topological polar surface area (TPSA) is 57.6 Å². The minimum Gasteiger partial charge on any atom is -0.303 e. The predicted molar refractivity (Wildman–Crippen MR) is 117 cm³/mol. The van der Waals surface area contributed by atoms with E-state index in [2.05, 4.69) is 32.1 Å². The number of hydrogen-bond donors (Lipinski definition) is 0. The van der Waals surface area contributed by atoms with Crippen molar-refractivity contribution in [2.24, 2.45) is 14.1 Å². The summed E-state index contributed by atoms with van der Waals surface area (Å²) in [5.74, 6) is 0. The van der Waals surface area contributed by atoms with Gasteiger partial charge in [0.05, 0.1) is 21.3 Å². The van der Waals surface area contributed by atoms with Crippen molar-refractivity contribution >= 4 is 85.2 Å². The summed E-state index contributed by atoms with van der Waals surface area (Å²) in [4.78, 5) is 17.2. The van der Waals surface area contributed by atoms with E-state index in [4.69, 9.17) is 34.8 Å². The molecule has 0 saturated heterocycles. The predicted octanol–water partition coefficient (Wildman–Crippen LogP) is 5.04. The van der Waals surface area contributed by atoms with Crippen LogP contribution < -0.4 is 5.56 Å². The highest BCUT2D eigenvalue weighted by Crippen LogP contribution is 2.41. The largest absolute Gasteiger partial charge is 0.303 e. The maximum atomic E-state index is 12.9. The molecule has 0 N–H and O–H groups in total. The van der Waals surface area contributed by atoms with Gasteiger partial charge in [-0.25, -0.2) is 4.98 Å². The number of aromatic nitrogens is 5. The van der Waals surface area contributed by atoms with Gasteiger partial charge in [0, 0.05) is 37.8 Å². The van der Waals surface area contributed by atoms with E-state index in [1.54, 1.807) is 18.8 Å². The minimum atomic E-state index is -0.225. The second-order valence-electron chi connectivity index (χ2n) is 5.68. The van der Waals surface area contributed by atoms with E-state index in [1.807, 2.05) is 22.7 Å². The van der Waals surface area contributed by atoms with Gasteiger partial charge in [-0.15, -0.1) is 0 Å². The van der Waals surface area contributed by atoms with Gasteiger partial charge in [0.15, 0.2) is 5.65 Å². The van der Waals surface area contributed by atoms with Crippen molar-refractivity contribution in [1.82, 2.24) is 23.7 Å². The Labute approximate surface area is 177 Å². The Morgan fingerprint density at radius 2 is 1.85 bits per heavy atom. The fourth-order valence-corrected chi connectivity index (χ4v) is 5.23. The molecule has 3 aromatic heterocycles. The van der Waals surface area contributed by atoms with Gasteiger partial charge in [-0.3, -0.25) is 14.0 Å². The van der Waals surface area contributed by atoms with Crippen molar-refractivity contribution in [1.29, 1.82) is 0 Å². The third-order valence-electron chi connectivity index (χ3n) is 4.22. The van der Waals surface area contributed by atoms with Crippen LogP contribution in [0.5, 0.6) is 0 Å². The van der Waals surface area contributed by atoms with E-state index in [-0.39, 0.29) is 10.8 Å². The van der Waals surface area contributed by atoms with Gasteiger partial charge in [-0.2, -0.15) is 5.10 Å². The van der Waals surface area contributed by atoms with E-state index < -0.39 is 0 Å². The van der Waals surface area contributed by atoms with Crippen LogP contribution in [0.3, 0.4) is 0 Å². The molecule has 0 radical (unpaired) electrons. The van der Waals surface area contributed by atoms with Gasteiger partial charge in [-0.05, 0) is 39.7 Å². The highest BCUT2D eigenvalue weighted by Gasteiger charge is 2.21. The molecule has 0 fully saturated rings. The number of halogens is 4. The van der Waals surface area contributed by atoms with Crippen molar-refractivity contribution in [3.63, 3.8) is 0 Å². The van der Waals surface area contributed by atoms with E-state index >= 15 is 0 Å². The monoisotopic (exact) mass is 539 g/mol. The molecule has 4 aromatic rings. The van der Waals surface area contributed by atoms with E-state index in [0.717, 1.165) is 0 Å². The lowest BCUT2D eigenvalue weighted by molar-refractivity contribution is 0.780. The van der Waals surface area contributed by atoms with Gasteiger partial charge in [0.2, 0.25) is 5.28 Å². The standard InChI is InChI=1S/C15H10Cl3IN5OP/c1-22-14(25)9-7(5-24(26-19)13(9)20-15(22)18)6-3-4-8-10(11(6)16)12(17)23(2)21-8/h3-5,26H,1-2H3. The molecule has 1 atom stereocenters. The molecular weight excluding hydrogens is 530 g/mol. The Hall–Kier alpha value is -0.860. The molecule has 0 aliphatic heterocycles. The third-order valence-corrected chi connectivity index (χ3v) is 7.47. The van der Waals surface area contributed by atoms with Crippen LogP contribution in [0.4, 0.5) is 0 Å². The van der Waals surface area contributed by atoms with Crippen molar-refractivity contribution in [2.45, 2.75) is 0 Å². The number of benzene rings is 1. The molecule has 6 nitrogen and oxygen atoms in total. The quantitative estimate of drug-likeness (QED) is 0.203. The normalized spacial score (nSPS) is 12.2. The Morgan fingerprint density at radius 3 is 2.54 bits per heavy atom. The average molecular weight is 541 g/mol. The Morgan fingerprint density at radius 1 is 1.12 bits per heavy atom. The third kappa shape index (κ3) is 2.59. The van der Waals surface area contributed by atoms with Gasteiger partial charge < -0.3 is 4.34 Å². The fraction of sp³-hybridized carbons (Fsp3) is 0.133. The molecule has 1 unspecified atom stereocenters. The van der Waals surface area contributed by atoms with Gasteiger partial charge in [0.25, 0.3) is 5.56 Å². The van der Waals surface area contributed by atoms with Crippen molar-refractivity contribution in [3.05, 3.63) is 44.1 Å². The zero-order chi connectivity index (χ0) is 18.7. The molecule has 3 heterocycles. The first-order valence-electron chi connectivity index (χ1n) is 7.30. The smallest absolute Gasteiger partial charge is 0.264 e. The van der Waals surface area contributed by atoms with Crippen molar-refractivity contribution in [2.75, 3.05) is 0 Å². The first-order chi connectivity index (χ1) is 12.3. The van der Waals surface area contributed by atoms with Crippen LogP contribution in [0, 0.1) is 0 Å². The Balaban J connectivity index is 2.14. The molecule has 26 heavy (non-hydrogen) atoms. The molecule has 0 saturated carbocycles. The second kappa shape index (κ2) is 6.63. The molecule has 1 aromatic carbocycles. The number of aryl methyl sites for hydroxylation is 1. The van der Waals surface area contributed by atoms with Crippen molar-refractivity contribution < 1.29 is 0 Å². The molecule has 0 amide bonds. The van der Waals surface area contributed by atoms with Crippen LogP contribution in [0.2, 0.25) is 15.5 Å². The van der Waals surface area contributed by atoms with Crippen LogP contribution in [0.15, 0.2) is 23.1 Å². The summed E-state index contributed by atoms with van der Waals surface area (Å²) < 4.78 is 4.78. The highest BCUT2D eigenvalue weighted by atomic mass is 127. The van der Waals surface area contributed by atoms with Crippen LogP contribution >= 0.6 is 63.2 Å². The number of rotatable bonds is 2. The van der Waals surface area contributed by atoms with Crippen LogP contribution in [-0.4, -0.2) is 23.7 Å². The number of hydrogen-bond acceptors (Lipinski definition) is 3. The van der Waals surface area contributed by atoms with Crippen LogP contribution in [-0.2, 0) is 14.1 Å². The second-order valence-corrected chi connectivity index (χ2v) is 8.85. The van der Waals surface area contributed by atoms with Crippen molar-refractivity contribution in [3.8, 4) is 11.1 Å². The maximum absolute atomic E-state index is 12.9. The molecular formula is C15H10Cl3IN5OP. The summed E-state index contributed by atoms with van der Waals surface area (Å²) in [6.45, 7) is 0. The van der Waals surface area contributed by atoms with Crippen LogP contribution in [0.25, 0.3) is 33.1 Å². The lowest BCUT2D eigenvalue weighted by Gasteiger charge is -2.05. The molecule has 0 aliphatic rings. The van der Waals surface area contributed by atoms with Crippen LogP contribution in [0.1, 0.15) is 0 Å². The molecule has 0 spiro atoms. The number of fused-ring (bicyclic) bond motifs is 2. The lowest BCUT2D eigenvalue weighted by Crippen LogP contribution is -2.18. The summed E-state index contributed by atoms with van der Waals surface area (Å²) in [6.07, 6.45) is 2.22. The maximum Gasteiger partial charge on any atom is 0.264 e. The summed E-state index contributed by atoms with van der Waals surface area (Å²) in [6, 6.07) is 3.68. The van der Waals surface area contributed by atoms with E-state index in [0.29, 0.717) is 49.6 Å². The molecule has 0 bridgehead atoms. The van der Waals surface area contributed by atoms with Gasteiger partial charge >= 0.3 is 0 Å². The number of nitrogens with zero attached hydrogens (tertiary/aromatic N) is 5. The summed E-state index contributed by atoms with van der Waals surface area (Å²) in [7, 11) is 3.34. The first kappa shape index (κ1) is 18.5. The van der Waals surface area contributed by atoms with E-state index in [1.165, 1.54) is 4.57 Å².